The van der Waals surface area contributed by atoms with Crippen LogP contribution in [-0.2, 0) is 13.0 Å². The van der Waals surface area contributed by atoms with Gasteiger partial charge in [-0.1, -0.05) is 54.1 Å². The lowest BCUT2D eigenvalue weighted by Gasteiger charge is -2.09. The molecule has 0 aliphatic heterocycles. The number of halogens is 1. The Morgan fingerprint density at radius 1 is 1.04 bits per heavy atom. The number of nitrogens with one attached hydrogen (secondary N) is 2. The van der Waals surface area contributed by atoms with Crippen LogP contribution in [0, 0.1) is 6.92 Å². The molecule has 0 saturated carbocycles. The second-order valence-electron chi connectivity index (χ2n) is 5.62. The highest BCUT2D eigenvalue weighted by atomic mass is 35.5. The summed E-state index contributed by atoms with van der Waals surface area (Å²) < 4.78 is 0. The highest BCUT2D eigenvalue weighted by Crippen LogP contribution is 2.14. The quantitative estimate of drug-likeness (QED) is 0.740. The van der Waals surface area contributed by atoms with E-state index in [9.17, 15) is 4.79 Å². The van der Waals surface area contributed by atoms with Crippen LogP contribution in [-0.4, -0.2) is 9.97 Å². The van der Waals surface area contributed by atoms with E-state index in [1.54, 1.807) is 0 Å². The standard InChI is InChI=1S/C19H18ClN3O/c1-13-17(11-14-7-9-16(20)10-8-14)18(24)23-19(22-13)21-12-15-5-3-2-4-6-15/h2-10H,11-12H2,1H3,(H2,21,22,23,24). The number of aryl methyl sites for hydroxylation is 1. The largest absolute Gasteiger partial charge is 0.352 e. The minimum Gasteiger partial charge on any atom is -0.352 e. The number of benzene rings is 2. The summed E-state index contributed by atoms with van der Waals surface area (Å²) in [5, 5.41) is 3.84. The Bertz CT molecular complexity index is 873. The normalized spacial score (nSPS) is 10.6. The number of hydrogen-bond donors (Lipinski definition) is 2. The molecule has 0 radical (unpaired) electrons. The summed E-state index contributed by atoms with van der Waals surface area (Å²) in [6.07, 6.45) is 0.532. The molecular weight excluding hydrogens is 322 g/mol. The third-order valence-corrected chi connectivity index (χ3v) is 4.07. The van der Waals surface area contributed by atoms with E-state index in [0.717, 1.165) is 16.8 Å². The van der Waals surface area contributed by atoms with Crippen molar-refractivity contribution in [2.45, 2.75) is 19.9 Å². The van der Waals surface area contributed by atoms with Crippen molar-refractivity contribution in [3.05, 3.63) is 92.4 Å². The fourth-order valence-electron chi connectivity index (χ4n) is 2.49. The van der Waals surface area contributed by atoms with Crippen LogP contribution in [0.5, 0.6) is 0 Å². The number of rotatable bonds is 5. The molecule has 0 fully saturated rings. The number of H-pyrrole nitrogens is 1. The summed E-state index contributed by atoms with van der Waals surface area (Å²) in [5.74, 6) is 0.487. The van der Waals surface area contributed by atoms with Crippen LogP contribution >= 0.6 is 11.6 Å². The van der Waals surface area contributed by atoms with E-state index in [-0.39, 0.29) is 5.56 Å². The van der Waals surface area contributed by atoms with Gasteiger partial charge in [-0.2, -0.15) is 0 Å². The topological polar surface area (TPSA) is 57.8 Å². The SMILES string of the molecule is Cc1nc(NCc2ccccc2)[nH]c(=O)c1Cc1ccc(Cl)cc1. The maximum absolute atomic E-state index is 12.4. The van der Waals surface area contributed by atoms with Gasteiger partial charge < -0.3 is 5.32 Å². The fraction of sp³-hybridized carbons (Fsp3) is 0.158. The Labute approximate surface area is 145 Å². The van der Waals surface area contributed by atoms with Crippen LogP contribution in [0.3, 0.4) is 0 Å². The predicted molar refractivity (Wildman–Crippen MR) is 97.6 cm³/mol. The third-order valence-electron chi connectivity index (χ3n) is 3.82. The lowest BCUT2D eigenvalue weighted by Crippen LogP contribution is -2.19. The maximum atomic E-state index is 12.4. The van der Waals surface area contributed by atoms with E-state index in [1.165, 1.54) is 0 Å². The molecule has 24 heavy (non-hydrogen) atoms. The molecule has 0 unspecified atom stereocenters. The summed E-state index contributed by atoms with van der Waals surface area (Å²) in [6, 6.07) is 17.5. The molecule has 3 rings (SSSR count). The van der Waals surface area contributed by atoms with E-state index >= 15 is 0 Å². The first-order valence-electron chi connectivity index (χ1n) is 7.74. The fourth-order valence-corrected chi connectivity index (χ4v) is 2.62. The first-order valence-corrected chi connectivity index (χ1v) is 8.11. The van der Waals surface area contributed by atoms with E-state index < -0.39 is 0 Å². The Morgan fingerprint density at radius 3 is 2.42 bits per heavy atom. The van der Waals surface area contributed by atoms with E-state index in [4.69, 9.17) is 11.6 Å². The average molecular weight is 340 g/mol. The van der Waals surface area contributed by atoms with Crippen molar-refractivity contribution in [1.82, 2.24) is 9.97 Å². The molecular formula is C19H18ClN3O. The van der Waals surface area contributed by atoms with Crippen LogP contribution in [0.1, 0.15) is 22.4 Å². The summed E-state index contributed by atoms with van der Waals surface area (Å²) in [6.45, 7) is 2.47. The molecule has 2 aromatic carbocycles. The van der Waals surface area contributed by atoms with Crippen molar-refractivity contribution in [2.24, 2.45) is 0 Å². The van der Waals surface area contributed by atoms with Gasteiger partial charge in [-0.05, 0) is 30.2 Å². The molecule has 5 heteroatoms. The number of aromatic nitrogens is 2. The van der Waals surface area contributed by atoms with Gasteiger partial charge in [0.15, 0.2) is 0 Å². The van der Waals surface area contributed by atoms with Gasteiger partial charge in [-0.25, -0.2) is 4.98 Å². The summed E-state index contributed by atoms with van der Waals surface area (Å²) in [4.78, 5) is 19.7. The third kappa shape index (κ3) is 4.03. The number of hydrogen-bond acceptors (Lipinski definition) is 3. The van der Waals surface area contributed by atoms with Gasteiger partial charge in [-0.3, -0.25) is 9.78 Å². The molecule has 0 spiro atoms. The van der Waals surface area contributed by atoms with Crippen molar-refractivity contribution in [2.75, 3.05) is 5.32 Å². The number of aromatic amines is 1. The van der Waals surface area contributed by atoms with Gasteiger partial charge >= 0.3 is 0 Å². The molecule has 1 heterocycles. The highest BCUT2D eigenvalue weighted by Gasteiger charge is 2.09. The zero-order valence-electron chi connectivity index (χ0n) is 13.3. The minimum absolute atomic E-state index is 0.118. The molecule has 0 aliphatic carbocycles. The van der Waals surface area contributed by atoms with E-state index in [2.05, 4.69) is 15.3 Å². The lowest BCUT2D eigenvalue weighted by atomic mass is 10.1. The Morgan fingerprint density at radius 2 is 1.75 bits per heavy atom. The van der Waals surface area contributed by atoms with Crippen LogP contribution < -0.4 is 10.9 Å². The van der Waals surface area contributed by atoms with Gasteiger partial charge in [0.25, 0.3) is 5.56 Å². The summed E-state index contributed by atoms with van der Waals surface area (Å²) >= 11 is 5.89. The maximum Gasteiger partial charge on any atom is 0.256 e. The van der Waals surface area contributed by atoms with Gasteiger partial charge in [0.1, 0.15) is 0 Å². The predicted octanol–water partition coefficient (Wildman–Crippen LogP) is 3.93. The van der Waals surface area contributed by atoms with E-state index in [0.29, 0.717) is 29.5 Å². The average Bonchev–Trinajstić information content (AvgIpc) is 2.59. The zero-order valence-corrected chi connectivity index (χ0v) is 14.1. The molecule has 3 aromatic rings. The second-order valence-corrected chi connectivity index (χ2v) is 6.06. The van der Waals surface area contributed by atoms with Gasteiger partial charge in [0, 0.05) is 23.6 Å². The smallest absolute Gasteiger partial charge is 0.256 e. The molecule has 0 bridgehead atoms. The van der Waals surface area contributed by atoms with Crippen molar-refractivity contribution in [1.29, 1.82) is 0 Å². The molecule has 0 saturated heterocycles. The van der Waals surface area contributed by atoms with Gasteiger partial charge in [0.2, 0.25) is 5.95 Å². The number of anilines is 1. The van der Waals surface area contributed by atoms with Crippen molar-refractivity contribution < 1.29 is 0 Å². The zero-order chi connectivity index (χ0) is 16.9. The summed E-state index contributed by atoms with van der Waals surface area (Å²) in [7, 11) is 0. The first kappa shape index (κ1) is 16.3. The molecule has 0 aliphatic rings. The Balaban J connectivity index is 1.76. The van der Waals surface area contributed by atoms with Crippen molar-refractivity contribution in [3.63, 3.8) is 0 Å². The van der Waals surface area contributed by atoms with Crippen LogP contribution in [0.15, 0.2) is 59.4 Å². The van der Waals surface area contributed by atoms with Crippen LogP contribution in [0.25, 0.3) is 0 Å². The van der Waals surface area contributed by atoms with Crippen LogP contribution in [0.4, 0.5) is 5.95 Å². The monoisotopic (exact) mass is 339 g/mol. The molecule has 122 valence electrons. The summed E-state index contributed by atoms with van der Waals surface area (Å²) in [5.41, 5.74) is 3.43. The molecule has 0 atom stereocenters. The minimum atomic E-state index is -0.118. The molecule has 4 nitrogen and oxygen atoms in total. The molecule has 2 N–H and O–H groups in total. The first-order chi connectivity index (χ1) is 11.6. The van der Waals surface area contributed by atoms with Crippen molar-refractivity contribution >= 4 is 17.5 Å². The highest BCUT2D eigenvalue weighted by molar-refractivity contribution is 6.30. The van der Waals surface area contributed by atoms with Gasteiger partial charge in [-0.15, -0.1) is 0 Å². The van der Waals surface area contributed by atoms with Gasteiger partial charge in [0.05, 0.1) is 5.69 Å². The Hall–Kier alpha value is -2.59. The van der Waals surface area contributed by atoms with E-state index in [1.807, 2.05) is 61.5 Å². The van der Waals surface area contributed by atoms with Crippen LogP contribution in [0.2, 0.25) is 5.02 Å². The van der Waals surface area contributed by atoms with Crippen molar-refractivity contribution in [3.8, 4) is 0 Å². The molecule has 1 aromatic heterocycles. The number of nitrogens with zero attached hydrogens (tertiary/aromatic N) is 1. The second kappa shape index (κ2) is 7.32. The molecule has 0 amide bonds. The lowest BCUT2D eigenvalue weighted by molar-refractivity contribution is 0.958. The Kier molecular flexibility index (Phi) is 4.96.